The molecule has 2 heterocycles. The van der Waals surface area contributed by atoms with Crippen molar-refractivity contribution in [1.29, 1.82) is 0 Å². The number of nitrogens with one attached hydrogen (secondary N) is 1. The van der Waals surface area contributed by atoms with Crippen molar-refractivity contribution >= 4 is 22.7 Å². The maximum atomic E-state index is 12.9. The van der Waals surface area contributed by atoms with E-state index in [1.807, 2.05) is 50.2 Å². The number of ether oxygens (including phenoxy) is 1. The molecule has 1 N–H and O–H groups in total. The monoisotopic (exact) mass is 440 g/mol. The minimum atomic E-state index is -0.464. The lowest BCUT2D eigenvalue weighted by Gasteiger charge is -2.11. The van der Waals surface area contributed by atoms with Crippen molar-refractivity contribution in [3.05, 3.63) is 93.9 Å². The van der Waals surface area contributed by atoms with Crippen LogP contribution in [0, 0.1) is 13.8 Å². The number of aryl methyl sites for hydroxylation is 3. The highest BCUT2D eigenvalue weighted by atomic mass is 16.5. The Hall–Kier alpha value is -3.60. The molecular formula is C28H28N2O3. The fourth-order valence-corrected chi connectivity index (χ4v) is 4.92. The normalized spacial score (nSPS) is 13.2. The van der Waals surface area contributed by atoms with E-state index in [-0.39, 0.29) is 12.4 Å². The number of hydrogen-bond acceptors (Lipinski definition) is 3. The van der Waals surface area contributed by atoms with Crippen LogP contribution in [-0.2, 0) is 24.1 Å². The Labute approximate surface area is 193 Å². The van der Waals surface area contributed by atoms with Crippen molar-refractivity contribution in [3.63, 3.8) is 0 Å². The second-order valence-electron chi connectivity index (χ2n) is 8.91. The lowest BCUT2D eigenvalue weighted by molar-refractivity contribution is 0.0474. The first-order valence-electron chi connectivity index (χ1n) is 11.6. The fourth-order valence-electron chi connectivity index (χ4n) is 4.92. The van der Waals surface area contributed by atoms with Crippen molar-refractivity contribution in [3.8, 4) is 0 Å². The third kappa shape index (κ3) is 4.11. The average molecular weight is 441 g/mol. The summed E-state index contributed by atoms with van der Waals surface area (Å²) in [6.07, 6.45) is 4.46. The summed E-state index contributed by atoms with van der Waals surface area (Å²) >= 11 is 0. The number of Topliss-reactive ketones (excluding diaryl/α,β-unsaturated/α-hetero) is 1. The summed E-state index contributed by atoms with van der Waals surface area (Å²) in [5, 5.41) is 1.09. The van der Waals surface area contributed by atoms with Gasteiger partial charge in [0.25, 0.3) is 0 Å². The third-order valence-electron chi connectivity index (χ3n) is 6.73. The molecule has 0 radical (unpaired) electrons. The van der Waals surface area contributed by atoms with Gasteiger partial charge in [0.05, 0.1) is 5.56 Å². The molecule has 33 heavy (non-hydrogen) atoms. The van der Waals surface area contributed by atoms with Crippen LogP contribution in [0.2, 0.25) is 0 Å². The standard InChI is InChI=1S/C28H28N2O3/c1-18-14-23(19(2)30(18)16-20-8-4-3-5-9-20)27(31)17-33-28(32)21-12-13-26-24(15-21)22-10-6-7-11-25(22)29-26/h3-5,8-9,12-15,29H,6-7,10-11,16-17H2,1-2H3. The number of nitrogens with zero attached hydrogens (tertiary/aromatic N) is 1. The number of fused-ring (bicyclic) bond motifs is 3. The fraction of sp³-hybridized carbons (Fsp3) is 0.286. The van der Waals surface area contributed by atoms with E-state index in [4.69, 9.17) is 4.74 Å². The van der Waals surface area contributed by atoms with Crippen LogP contribution < -0.4 is 0 Å². The highest BCUT2D eigenvalue weighted by molar-refractivity contribution is 6.01. The molecule has 2 aromatic heterocycles. The zero-order valence-electron chi connectivity index (χ0n) is 19.1. The first-order chi connectivity index (χ1) is 16.0. The van der Waals surface area contributed by atoms with Crippen LogP contribution in [0.3, 0.4) is 0 Å². The molecule has 0 saturated heterocycles. The van der Waals surface area contributed by atoms with Gasteiger partial charge in [-0.05, 0) is 74.9 Å². The van der Waals surface area contributed by atoms with Crippen molar-refractivity contribution in [2.75, 3.05) is 6.61 Å². The molecule has 5 heteroatoms. The van der Waals surface area contributed by atoms with Gasteiger partial charge >= 0.3 is 5.97 Å². The highest BCUT2D eigenvalue weighted by Crippen LogP contribution is 2.30. The van der Waals surface area contributed by atoms with Crippen molar-refractivity contribution in [1.82, 2.24) is 9.55 Å². The molecule has 2 aromatic carbocycles. The van der Waals surface area contributed by atoms with Gasteiger partial charge in [0.2, 0.25) is 5.78 Å². The van der Waals surface area contributed by atoms with E-state index >= 15 is 0 Å². The molecule has 0 unspecified atom stereocenters. The minimum absolute atomic E-state index is 0.184. The van der Waals surface area contributed by atoms with E-state index in [2.05, 4.69) is 21.7 Å². The Morgan fingerprint density at radius 1 is 1.00 bits per heavy atom. The molecule has 0 amide bonds. The molecule has 168 valence electrons. The molecule has 0 spiro atoms. The number of carbonyl (C=O) groups excluding carboxylic acids is 2. The van der Waals surface area contributed by atoms with Crippen molar-refractivity contribution in [2.45, 2.75) is 46.1 Å². The second-order valence-corrected chi connectivity index (χ2v) is 8.91. The highest BCUT2D eigenvalue weighted by Gasteiger charge is 2.20. The zero-order valence-corrected chi connectivity index (χ0v) is 19.1. The Morgan fingerprint density at radius 3 is 2.61 bits per heavy atom. The Balaban J connectivity index is 1.29. The molecule has 1 aliphatic carbocycles. The van der Waals surface area contributed by atoms with Crippen LogP contribution in [0.5, 0.6) is 0 Å². The van der Waals surface area contributed by atoms with Crippen molar-refractivity contribution < 1.29 is 14.3 Å². The summed E-state index contributed by atoms with van der Waals surface area (Å²) in [6.45, 7) is 4.36. The molecule has 4 aromatic rings. The summed E-state index contributed by atoms with van der Waals surface area (Å²) in [4.78, 5) is 29.1. The molecular weight excluding hydrogens is 412 g/mol. The van der Waals surface area contributed by atoms with Gasteiger partial charge in [0.15, 0.2) is 6.61 Å². The summed E-state index contributed by atoms with van der Waals surface area (Å²) in [5.41, 5.74) is 7.80. The topological polar surface area (TPSA) is 64.1 Å². The van der Waals surface area contributed by atoms with Crippen LogP contribution in [0.25, 0.3) is 10.9 Å². The third-order valence-corrected chi connectivity index (χ3v) is 6.73. The molecule has 0 atom stereocenters. The number of hydrogen-bond donors (Lipinski definition) is 1. The smallest absolute Gasteiger partial charge is 0.338 e. The molecule has 5 rings (SSSR count). The molecule has 1 aliphatic rings. The SMILES string of the molecule is Cc1cc(C(=O)COC(=O)c2ccc3[nH]c4c(c3c2)CCCC4)c(C)n1Cc1ccccc1. The van der Waals surface area contributed by atoms with E-state index < -0.39 is 5.97 Å². The van der Waals surface area contributed by atoms with Crippen LogP contribution in [-0.4, -0.2) is 27.9 Å². The lowest BCUT2D eigenvalue weighted by Crippen LogP contribution is -2.15. The molecule has 0 bridgehead atoms. The van der Waals surface area contributed by atoms with Crippen molar-refractivity contribution in [2.24, 2.45) is 0 Å². The van der Waals surface area contributed by atoms with Gasteiger partial charge in [-0.2, -0.15) is 0 Å². The predicted octanol–water partition coefficient (Wildman–Crippen LogP) is 5.55. The van der Waals surface area contributed by atoms with Crippen LogP contribution in [0.1, 0.15) is 61.8 Å². The van der Waals surface area contributed by atoms with Gasteiger partial charge in [0, 0.05) is 40.1 Å². The van der Waals surface area contributed by atoms with E-state index in [1.165, 1.54) is 29.7 Å². The molecule has 5 nitrogen and oxygen atoms in total. The predicted molar refractivity (Wildman–Crippen MR) is 129 cm³/mol. The Bertz CT molecular complexity index is 1340. The molecule has 0 fully saturated rings. The van der Waals surface area contributed by atoms with Crippen LogP contribution >= 0.6 is 0 Å². The van der Waals surface area contributed by atoms with Gasteiger partial charge in [-0.15, -0.1) is 0 Å². The van der Waals surface area contributed by atoms with E-state index in [9.17, 15) is 9.59 Å². The lowest BCUT2D eigenvalue weighted by atomic mass is 9.95. The summed E-state index contributed by atoms with van der Waals surface area (Å²) in [6, 6.07) is 17.6. The number of ketones is 1. The maximum absolute atomic E-state index is 12.9. The van der Waals surface area contributed by atoms with E-state index in [0.29, 0.717) is 17.7 Å². The molecule has 0 saturated carbocycles. The van der Waals surface area contributed by atoms with Gasteiger partial charge in [0.1, 0.15) is 0 Å². The quantitative estimate of drug-likeness (QED) is 0.316. The van der Waals surface area contributed by atoms with Gasteiger partial charge < -0.3 is 14.3 Å². The summed E-state index contributed by atoms with van der Waals surface area (Å²) in [5.74, 6) is -0.648. The number of aromatic amines is 1. The van der Waals surface area contributed by atoms with Crippen LogP contribution in [0.15, 0.2) is 54.6 Å². The number of esters is 1. The Kier molecular flexibility index (Phi) is 5.63. The number of rotatable bonds is 6. The number of H-pyrrole nitrogens is 1. The average Bonchev–Trinajstić information content (AvgIpc) is 3.35. The first-order valence-corrected chi connectivity index (χ1v) is 11.6. The Morgan fingerprint density at radius 2 is 1.79 bits per heavy atom. The number of carbonyl (C=O) groups is 2. The second kappa shape index (κ2) is 8.74. The van der Waals surface area contributed by atoms with Crippen LogP contribution in [0.4, 0.5) is 0 Å². The maximum Gasteiger partial charge on any atom is 0.338 e. The molecule has 0 aliphatic heterocycles. The number of benzene rings is 2. The summed E-state index contributed by atoms with van der Waals surface area (Å²) in [7, 11) is 0. The van der Waals surface area contributed by atoms with Gasteiger partial charge in [-0.1, -0.05) is 30.3 Å². The van der Waals surface area contributed by atoms with E-state index in [0.717, 1.165) is 35.1 Å². The minimum Gasteiger partial charge on any atom is -0.454 e. The number of aromatic nitrogens is 2. The van der Waals surface area contributed by atoms with Gasteiger partial charge in [-0.25, -0.2) is 4.79 Å². The van der Waals surface area contributed by atoms with Gasteiger partial charge in [-0.3, -0.25) is 4.79 Å². The largest absolute Gasteiger partial charge is 0.454 e. The zero-order chi connectivity index (χ0) is 22.9. The summed E-state index contributed by atoms with van der Waals surface area (Å²) < 4.78 is 7.55. The first kappa shape index (κ1) is 21.3. The van der Waals surface area contributed by atoms with E-state index in [1.54, 1.807) is 6.07 Å².